The van der Waals surface area contributed by atoms with Crippen LogP contribution in [0, 0.1) is 11.6 Å². The number of para-hydroxylation sites is 1. The monoisotopic (exact) mass is 287 g/mol. The van der Waals surface area contributed by atoms with E-state index in [2.05, 4.69) is 15.6 Å². The average Bonchev–Trinajstić information content (AvgIpc) is 2.85. The van der Waals surface area contributed by atoms with Crippen LogP contribution in [0.3, 0.4) is 0 Å². The quantitative estimate of drug-likeness (QED) is 0.653. The lowest BCUT2D eigenvalue weighted by Gasteiger charge is -2.07. The molecule has 0 aliphatic rings. The number of nitrogens with one attached hydrogen (secondary N) is 3. The Hall–Kier alpha value is -2.89. The van der Waals surface area contributed by atoms with E-state index in [-0.39, 0.29) is 5.69 Å². The zero-order chi connectivity index (χ0) is 14.8. The number of anilines is 2. The summed E-state index contributed by atoms with van der Waals surface area (Å²) in [5.41, 5.74) is 1.36. The number of H-pyrrole nitrogens is 1. The minimum atomic E-state index is -0.830. The van der Waals surface area contributed by atoms with Gasteiger partial charge in [0, 0.05) is 23.2 Å². The zero-order valence-electron chi connectivity index (χ0n) is 10.8. The van der Waals surface area contributed by atoms with E-state index in [9.17, 15) is 13.6 Å². The van der Waals surface area contributed by atoms with Crippen LogP contribution in [0.2, 0.25) is 0 Å². The van der Waals surface area contributed by atoms with Crippen molar-refractivity contribution in [3.05, 3.63) is 60.3 Å². The van der Waals surface area contributed by atoms with Crippen LogP contribution in [0.1, 0.15) is 0 Å². The molecule has 0 atom stereocenters. The number of urea groups is 1. The van der Waals surface area contributed by atoms with E-state index < -0.39 is 17.7 Å². The summed E-state index contributed by atoms with van der Waals surface area (Å²) in [6, 6.07) is 9.78. The van der Waals surface area contributed by atoms with Crippen molar-refractivity contribution in [3.8, 4) is 0 Å². The van der Waals surface area contributed by atoms with Crippen LogP contribution in [0.4, 0.5) is 25.0 Å². The number of carbonyl (C=O) groups is 1. The van der Waals surface area contributed by atoms with Gasteiger partial charge in [0.1, 0.15) is 11.6 Å². The Kier molecular flexibility index (Phi) is 3.27. The largest absolute Gasteiger partial charge is 0.359 e. The summed E-state index contributed by atoms with van der Waals surface area (Å²) in [7, 11) is 0. The van der Waals surface area contributed by atoms with Crippen LogP contribution in [-0.4, -0.2) is 11.0 Å². The number of aromatic nitrogens is 1. The van der Waals surface area contributed by atoms with Gasteiger partial charge in [0.15, 0.2) is 0 Å². The Balaban J connectivity index is 1.77. The second kappa shape index (κ2) is 5.24. The van der Waals surface area contributed by atoms with Gasteiger partial charge in [0.2, 0.25) is 0 Å². The van der Waals surface area contributed by atoms with Crippen molar-refractivity contribution in [2.24, 2.45) is 0 Å². The van der Waals surface area contributed by atoms with Crippen molar-refractivity contribution in [3.63, 3.8) is 0 Å². The molecule has 0 bridgehead atoms. The molecule has 0 radical (unpaired) electrons. The van der Waals surface area contributed by atoms with Gasteiger partial charge in [-0.15, -0.1) is 0 Å². The van der Waals surface area contributed by atoms with Crippen LogP contribution < -0.4 is 10.6 Å². The highest BCUT2D eigenvalue weighted by atomic mass is 19.1. The first kappa shape index (κ1) is 13.1. The van der Waals surface area contributed by atoms with Crippen LogP contribution in [0.25, 0.3) is 10.9 Å². The van der Waals surface area contributed by atoms with Gasteiger partial charge in [-0.1, -0.05) is 18.2 Å². The van der Waals surface area contributed by atoms with E-state index in [1.807, 2.05) is 24.3 Å². The average molecular weight is 287 g/mol. The topological polar surface area (TPSA) is 56.9 Å². The third kappa shape index (κ3) is 2.69. The summed E-state index contributed by atoms with van der Waals surface area (Å²) in [5.74, 6) is -1.53. The molecule has 0 unspecified atom stereocenters. The molecule has 3 aromatic rings. The van der Waals surface area contributed by atoms with E-state index in [1.165, 1.54) is 6.07 Å². The normalized spacial score (nSPS) is 10.6. The second-order valence-corrected chi connectivity index (χ2v) is 4.45. The summed E-state index contributed by atoms with van der Waals surface area (Å²) >= 11 is 0. The molecule has 106 valence electrons. The number of aromatic amines is 1. The number of benzene rings is 2. The molecule has 0 aliphatic heterocycles. The van der Waals surface area contributed by atoms with E-state index >= 15 is 0 Å². The molecule has 21 heavy (non-hydrogen) atoms. The zero-order valence-corrected chi connectivity index (χ0v) is 10.8. The summed E-state index contributed by atoms with van der Waals surface area (Å²) in [5, 5.41) is 5.79. The molecule has 6 heteroatoms. The summed E-state index contributed by atoms with van der Waals surface area (Å²) in [6.45, 7) is 0. The third-order valence-corrected chi connectivity index (χ3v) is 3.02. The fourth-order valence-electron chi connectivity index (χ4n) is 2.04. The SMILES string of the molecule is O=C(Nc1ccc(F)cc1F)Nc1c[nH]c2ccccc12. The highest BCUT2D eigenvalue weighted by Crippen LogP contribution is 2.23. The number of carbonyl (C=O) groups excluding carboxylic acids is 1. The Morgan fingerprint density at radius 2 is 1.76 bits per heavy atom. The van der Waals surface area contributed by atoms with Crippen molar-refractivity contribution in [1.82, 2.24) is 4.98 Å². The lowest BCUT2D eigenvalue weighted by molar-refractivity contribution is 0.262. The first-order chi connectivity index (χ1) is 10.1. The molecule has 1 aromatic heterocycles. The summed E-state index contributed by atoms with van der Waals surface area (Å²) in [6.07, 6.45) is 1.64. The molecular weight excluding hydrogens is 276 g/mol. The maximum Gasteiger partial charge on any atom is 0.323 e. The maximum atomic E-state index is 13.5. The fourth-order valence-corrected chi connectivity index (χ4v) is 2.04. The lowest BCUT2D eigenvalue weighted by atomic mass is 10.2. The number of hydrogen-bond donors (Lipinski definition) is 3. The van der Waals surface area contributed by atoms with Gasteiger partial charge in [0.25, 0.3) is 0 Å². The second-order valence-electron chi connectivity index (χ2n) is 4.45. The smallest absolute Gasteiger partial charge is 0.323 e. The predicted octanol–water partition coefficient (Wildman–Crippen LogP) is 4.09. The number of amides is 2. The van der Waals surface area contributed by atoms with Crippen LogP contribution in [0.5, 0.6) is 0 Å². The molecule has 1 heterocycles. The Labute approximate surface area is 118 Å². The predicted molar refractivity (Wildman–Crippen MR) is 77.3 cm³/mol. The van der Waals surface area contributed by atoms with Crippen molar-refractivity contribution in [2.75, 3.05) is 10.6 Å². The van der Waals surface area contributed by atoms with Gasteiger partial charge in [-0.05, 0) is 18.2 Å². The molecule has 3 N–H and O–H groups in total. The Morgan fingerprint density at radius 1 is 1.00 bits per heavy atom. The van der Waals surface area contributed by atoms with Gasteiger partial charge < -0.3 is 15.6 Å². The van der Waals surface area contributed by atoms with Gasteiger partial charge in [-0.25, -0.2) is 13.6 Å². The Morgan fingerprint density at radius 3 is 2.57 bits per heavy atom. The summed E-state index contributed by atoms with van der Waals surface area (Å²) < 4.78 is 26.2. The van der Waals surface area contributed by atoms with E-state index in [4.69, 9.17) is 0 Å². The fraction of sp³-hybridized carbons (Fsp3) is 0. The van der Waals surface area contributed by atoms with Crippen molar-refractivity contribution in [1.29, 1.82) is 0 Å². The standard InChI is InChI=1S/C15H11F2N3O/c16-9-5-6-13(11(17)7-9)19-15(21)20-14-8-18-12-4-2-1-3-10(12)14/h1-8,18H,(H2,19,20,21). The van der Waals surface area contributed by atoms with Crippen molar-refractivity contribution < 1.29 is 13.6 Å². The molecule has 3 rings (SSSR count). The number of hydrogen-bond acceptors (Lipinski definition) is 1. The highest BCUT2D eigenvalue weighted by molar-refractivity contribution is 6.05. The van der Waals surface area contributed by atoms with Crippen molar-refractivity contribution in [2.45, 2.75) is 0 Å². The maximum absolute atomic E-state index is 13.5. The van der Waals surface area contributed by atoms with Gasteiger partial charge in [-0.3, -0.25) is 0 Å². The minimum absolute atomic E-state index is 0.0891. The molecule has 0 fully saturated rings. The molecule has 4 nitrogen and oxygen atoms in total. The van der Waals surface area contributed by atoms with Crippen LogP contribution in [-0.2, 0) is 0 Å². The number of fused-ring (bicyclic) bond motifs is 1. The van der Waals surface area contributed by atoms with E-state index in [0.29, 0.717) is 11.8 Å². The molecule has 2 amide bonds. The lowest BCUT2D eigenvalue weighted by Crippen LogP contribution is -2.20. The van der Waals surface area contributed by atoms with Crippen LogP contribution in [0.15, 0.2) is 48.7 Å². The summed E-state index contributed by atoms with van der Waals surface area (Å²) in [4.78, 5) is 14.9. The van der Waals surface area contributed by atoms with Gasteiger partial charge in [0.05, 0.1) is 11.4 Å². The molecular formula is C15H11F2N3O. The minimum Gasteiger partial charge on any atom is -0.359 e. The van der Waals surface area contributed by atoms with E-state index in [1.54, 1.807) is 6.20 Å². The van der Waals surface area contributed by atoms with Crippen molar-refractivity contribution >= 4 is 28.3 Å². The van der Waals surface area contributed by atoms with Gasteiger partial charge in [-0.2, -0.15) is 0 Å². The molecule has 0 aliphatic carbocycles. The first-order valence-electron chi connectivity index (χ1n) is 6.22. The van der Waals surface area contributed by atoms with Gasteiger partial charge >= 0.3 is 6.03 Å². The molecule has 2 aromatic carbocycles. The number of halogens is 2. The first-order valence-corrected chi connectivity index (χ1v) is 6.22. The molecule has 0 saturated carbocycles. The van der Waals surface area contributed by atoms with E-state index in [0.717, 1.165) is 17.0 Å². The molecule has 0 spiro atoms. The number of rotatable bonds is 2. The Bertz CT molecular complexity index is 814. The van der Waals surface area contributed by atoms with Crippen LogP contribution >= 0.6 is 0 Å². The highest BCUT2D eigenvalue weighted by Gasteiger charge is 2.10. The molecule has 0 saturated heterocycles. The third-order valence-electron chi connectivity index (χ3n) is 3.02.